The Labute approximate surface area is 137 Å². The number of hydrogen-bond acceptors (Lipinski definition) is 4. The second-order valence-electron chi connectivity index (χ2n) is 5.37. The zero-order chi connectivity index (χ0) is 16.5. The summed E-state index contributed by atoms with van der Waals surface area (Å²) in [7, 11) is 0. The lowest BCUT2D eigenvalue weighted by atomic mass is 10.1. The third-order valence-electron chi connectivity index (χ3n) is 3.86. The maximum Gasteiger partial charge on any atom is 0.248 e. The van der Waals surface area contributed by atoms with Gasteiger partial charge < -0.3 is 10.3 Å². The summed E-state index contributed by atoms with van der Waals surface area (Å²) >= 11 is 0. The highest BCUT2D eigenvalue weighted by atomic mass is 16.1. The molecule has 4 aromatic rings. The SMILES string of the molecule is NC(=O)c1ccc(-c2nccn2Cc2cccc3ncnn23)cc1. The first-order valence-corrected chi connectivity index (χ1v) is 7.41. The monoisotopic (exact) mass is 318 g/mol. The van der Waals surface area contributed by atoms with Gasteiger partial charge in [-0.15, -0.1) is 0 Å². The highest BCUT2D eigenvalue weighted by Crippen LogP contribution is 2.19. The molecule has 0 aliphatic rings. The number of aromatic nitrogens is 5. The van der Waals surface area contributed by atoms with Gasteiger partial charge in [-0.05, 0) is 24.3 Å². The highest BCUT2D eigenvalue weighted by molar-refractivity contribution is 5.93. The van der Waals surface area contributed by atoms with Crippen molar-refractivity contribution in [1.29, 1.82) is 0 Å². The summed E-state index contributed by atoms with van der Waals surface area (Å²) < 4.78 is 3.83. The number of carbonyl (C=O) groups excluding carboxylic acids is 1. The third kappa shape index (κ3) is 2.41. The topological polar surface area (TPSA) is 91.1 Å². The normalized spacial score (nSPS) is 11.0. The summed E-state index contributed by atoms with van der Waals surface area (Å²) in [6.07, 6.45) is 5.20. The smallest absolute Gasteiger partial charge is 0.248 e. The van der Waals surface area contributed by atoms with E-state index in [-0.39, 0.29) is 0 Å². The fourth-order valence-electron chi connectivity index (χ4n) is 2.68. The molecule has 4 rings (SSSR count). The average Bonchev–Trinajstić information content (AvgIpc) is 3.24. The van der Waals surface area contributed by atoms with Gasteiger partial charge in [-0.2, -0.15) is 5.10 Å². The number of rotatable bonds is 4. The minimum atomic E-state index is -0.442. The van der Waals surface area contributed by atoms with Crippen molar-refractivity contribution in [2.45, 2.75) is 6.54 Å². The second kappa shape index (κ2) is 5.62. The van der Waals surface area contributed by atoms with Gasteiger partial charge in [-0.25, -0.2) is 14.5 Å². The Bertz CT molecular complexity index is 1010. The lowest BCUT2D eigenvalue weighted by Gasteiger charge is -2.09. The molecule has 1 aromatic carbocycles. The van der Waals surface area contributed by atoms with Crippen LogP contribution < -0.4 is 5.73 Å². The molecule has 118 valence electrons. The van der Waals surface area contributed by atoms with Crippen LogP contribution in [-0.2, 0) is 6.54 Å². The third-order valence-corrected chi connectivity index (χ3v) is 3.86. The van der Waals surface area contributed by atoms with E-state index < -0.39 is 5.91 Å². The quantitative estimate of drug-likeness (QED) is 0.620. The number of nitrogens with zero attached hydrogens (tertiary/aromatic N) is 5. The van der Waals surface area contributed by atoms with E-state index in [2.05, 4.69) is 15.1 Å². The second-order valence-corrected chi connectivity index (χ2v) is 5.37. The van der Waals surface area contributed by atoms with Gasteiger partial charge in [0, 0.05) is 23.5 Å². The Morgan fingerprint density at radius 1 is 1.08 bits per heavy atom. The van der Waals surface area contributed by atoms with E-state index in [1.165, 1.54) is 6.33 Å². The molecule has 0 unspecified atom stereocenters. The molecule has 7 nitrogen and oxygen atoms in total. The standard InChI is InChI=1S/C17H14N6O/c18-16(24)12-4-6-13(7-5-12)17-19-8-9-22(17)10-14-2-1-3-15-20-11-21-23(14)15/h1-9,11H,10H2,(H2,18,24). The van der Waals surface area contributed by atoms with Crippen molar-refractivity contribution in [2.24, 2.45) is 5.73 Å². The zero-order valence-corrected chi connectivity index (χ0v) is 12.7. The van der Waals surface area contributed by atoms with Crippen LogP contribution in [0.25, 0.3) is 17.0 Å². The molecular weight excluding hydrogens is 304 g/mol. The minimum absolute atomic E-state index is 0.442. The number of amides is 1. The molecule has 0 saturated heterocycles. The van der Waals surface area contributed by atoms with Gasteiger partial charge >= 0.3 is 0 Å². The van der Waals surface area contributed by atoms with Crippen LogP contribution in [0.4, 0.5) is 0 Å². The van der Waals surface area contributed by atoms with Crippen molar-refractivity contribution in [3.8, 4) is 11.4 Å². The van der Waals surface area contributed by atoms with Gasteiger partial charge in [-0.1, -0.05) is 18.2 Å². The summed E-state index contributed by atoms with van der Waals surface area (Å²) in [6, 6.07) is 13.0. The number of fused-ring (bicyclic) bond motifs is 1. The summed E-state index contributed by atoms with van der Waals surface area (Å²) in [5.74, 6) is 0.367. The lowest BCUT2D eigenvalue weighted by Crippen LogP contribution is -2.10. The van der Waals surface area contributed by atoms with E-state index in [1.54, 1.807) is 22.8 Å². The van der Waals surface area contributed by atoms with Crippen LogP contribution in [0.2, 0.25) is 0 Å². The maximum absolute atomic E-state index is 11.2. The number of imidazole rings is 1. The van der Waals surface area contributed by atoms with Gasteiger partial charge in [0.2, 0.25) is 5.91 Å². The van der Waals surface area contributed by atoms with E-state index in [1.807, 2.05) is 41.1 Å². The Morgan fingerprint density at radius 3 is 2.71 bits per heavy atom. The van der Waals surface area contributed by atoms with Gasteiger partial charge in [0.15, 0.2) is 5.65 Å². The van der Waals surface area contributed by atoms with Crippen LogP contribution in [0.1, 0.15) is 16.1 Å². The molecule has 2 N–H and O–H groups in total. The molecule has 0 bridgehead atoms. The molecule has 0 spiro atoms. The first-order chi connectivity index (χ1) is 11.7. The molecule has 0 atom stereocenters. The number of benzene rings is 1. The molecule has 0 aliphatic heterocycles. The van der Waals surface area contributed by atoms with E-state index in [0.29, 0.717) is 12.1 Å². The van der Waals surface area contributed by atoms with Crippen molar-refractivity contribution in [2.75, 3.05) is 0 Å². The van der Waals surface area contributed by atoms with Gasteiger partial charge in [0.1, 0.15) is 12.2 Å². The predicted octanol–water partition coefficient (Wildman–Crippen LogP) is 1.74. The maximum atomic E-state index is 11.2. The van der Waals surface area contributed by atoms with Crippen molar-refractivity contribution >= 4 is 11.6 Å². The van der Waals surface area contributed by atoms with Crippen molar-refractivity contribution in [3.63, 3.8) is 0 Å². The van der Waals surface area contributed by atoms with Crippen LogP contribution in [0, 0.1) is 0 Å². The van der Waals surface area contributed by atoms with Crippen LogP contribution in [0.3, 0.4) is 0 Å². The summed E-state index contributed by atoms with van der Waals surface area (Å²) in [4.78, 5) is 19.8. The fraction of sp³-hybridized carbons (Fsp3) is 0.0588. The minimum Gasteiger partial charge on any atom is -0.366 e. The molecule has 24 heavy (non-hydrogen) atoms. The van der Waals surface area contributed by atoms with Crippen LogP contribution in [-0.4, -0.2) is 30.1 Å². The van der Waals surface area contributed by atoms with E-state index in [9.17, 15) is 4.79 Å². The van der Waals surface area contributed by atoms with Crippen LogP contribution in [0.5, 0.6) is 0 Å². The number of hydrogen-bond donors (Lipinski definition) is 1. The van der Waals surface area contributed by atoms with Crippen molar-refractivity contribution in [3.05, 3.63) is 72.4 Å². The summed E-state index contributed by atoms with van der Waals surface area (Å²) in [5, 5.41) is 4.25. The largest absolute Gasteiger partial charge is 0.366 e. The van der Waals surface area contributed by atoms with Gasteiger partial charge in [0.25, 0.3) is 0 Å². The molecule has 0 fully saturated rings. The molecule has 0 radical (unpaired) electrons. The molecular formula is C17H14N6O. The molecule has 3 heterocycles. The van der Waals surface area contributed by atoms with E-state index in [0.717, 1.165) is 22.7 Å². The van der Waals surface area contributed by atoms with E-state index >= 15 is 0 Å². The molecule has 0 saturated carbocycles. The molecule has 7 heteroatoms. The molecule has 3 aromatic heterocycles. The Kier molecular flexibility index (Phi) is 3.31. The number of carbonyl (C=O) groups is 1. The Balaban J connectivity index is 1.70. The Hall–Kier alpha value is -3.48. The average molecular weight is 318 g/mol. The first-order valence-electron chi connectivity index (χ1n) is 7.41. The van der Waals surface area contributed by atoms with E-state index in [4.69, 9.17) is 5.73 Å². The lowest BCUT2D eigenvalue weighted by molar-refractivity contribution is 0.100. The molecule has 1 amide bonds. The van der Waals surface area contributed by atoms with Crippen LogP contribution in [0.15, 0.2) is 61.2 Å². The Morgan fingerprint density at radius 2 is 1.92 bits per heavy atom. The van der Waals surface area contributed by atoms with Gasteiger partial charge in [-0.3, -0.25) is 4.79 Å². The summed E-state index contributed by atoms with van der Waals surface area (Å²) in [5.41, 5.74) is 8.47. The number of primary amides is 1. The van der Waals surface area contributed by atoms with Crippen LogP contribution >= 0.6 is 0 Å². The summed E-state index contributed by atoms with van der Waals surface area (Å²) in [6.45, 7) is 0.605. The van der Waals surface area contributed by atoms with Crippen molar-refractivity contribution in [1.82, 2.24) is 24.1 Å². The van der Waals surface area contributed by atoms with Crippen molar-refractivity contribution < 1.29 is 4.79 Å². The number of pyridine rings is 1. The zero-order valence-electron chi connectivity index (χ0n) is 12.7. The first kappa shape index (κ1) is 14.1. The predicted molar refractivity (Wildman–Crippen MR) is 88.3 cm³/mol. The van der Waals surface area contributed by atoms with Gasteiger partial charge in [0.05, 0.1) is 12.2 Å². The highest BCUT2D eigenvalue weighted by Gasteiger charge is 2.10. The molecule has 0 aliphatic carbocycles. The fourth-order valence-corrected chi connectivity index (χ4v) is 2.68. The number of nitrogens with two attached hydrogens (primary N) is 1.